The van der Waals surface area contributed by atoms with Gasteiger partial charge in [-0.15, -0.1) is 11.6 Å². The second-order valence-electron chi connectivity index (χ2n) is 1.39. The Morgan fingerprint density at radius 3 is 2.60 bits per heavy atom. The zero-order valence-corrected chi connectivity index (χ0v) is 7.53. The first-order valence-corrected chi connectivity index (χ1v) is 3.55. The number of amides is 1. The van der Waals surface area contributed by atoms with Crippen molar-refractivity contribution in [3.8, 4) is 0 Å². The van der Waals surface area contributed by atoms with E-state index in [9.17, 15) is 4.79 Å². The zero-order valence-electron chi connectivity index (χ0n) is 5.19. The largest absolute Gasteiger partial charge is 0.794 e. The zero-order chi connectivity index (χ0) is 8.15. The number of carbonyl (C=O) groups is 1. The summed E-state index contributed by atoms with van der Waals surface area (Å²) in [4.78, 5) is 10.6. The maximum absolute atomic E-state index is 10.6. The first-order chi connectivity index (χ1) is 4.57. The Morgan fingerprint density at radius 2 is 2.30 bits per heavy atom. The van der Waals surface area contributed by atoms with Crippen molar-refractivity contribution < 1.29 is 4.79 Å². The smallest absolute Gasteiger partial charge is 0.258 e. The lowest BCUT2D eigenvalue weighted by Crippen LogP contribution is -2.17. The maximum atomic E-state index is 10.6. The minimum absolute atomic E-state index is 0.183. The molecule has 1 amide bonds. The molecular weight excluding hydrogens is 219 g/mol. The topological polar surface area (TPSA) is 51.4 Å². The molecule has 5 heteroatoms. The molecule has 0 aromatic heterocycles. The summed E-state index contributed by atoms with van der Waals surface area (Å²) in [5.74, 6) is -0.341. The van der Waals surface area contributed by atoms with E-state index in [1.54, 1.807) is 0 Å². The number of carbonyl (C=O) groups excluding carboxylic acids is 1. The number of nitrogens with one attached hydrogen (secondary N) is 1. The summed E-state index contributed by atoms with van der Waals surface area (Å²) >= 11 is 7.95. The van der Waals surface area contributed by atoms with Crippen molar-refractivity contribution in [3.05, 3.63) is 16.0 Å². The van der Waals surface area contributed by atoms with Gasteiger partial charge in [0, 0.05) is 7.05 Å². The number of hydrogen-bond acceptors (Lipinski definition) is 1. The van der Waals surface area contributed by atoms with Gasteiger partial charge in [-0.25, -0.2) is 0 Å². The fourth-order valence-electron chi connectivity index (χ4n) is 0.290. The van der Waals surface area contributed by atoms with Crippen LogP contribution in [0, 0.1) is 0 Å². The molecule has 0 saturated carbocycles. The van der Waals surface area contributed by atoms with Crippen molar-refractivity contribution in [1.82, 2.24) is 5.32 Å². The van der Waals surface area contributed by atoms with Crippen LogP contribution in [0.5, 0.6) is 0 Å². The van der Waals surface area contributed by atoms with Gasteiger partial charge in [0.15, 0.2) is 0 Å². The lowest BCUT2D eigenvalue weighted by atomic mass is 10.5. The third kappa shape index (κ3) is 3.63. The molecule has 0 aliphatic rings. The average molecular weight is 224 g/mol. The lowest BCUT2D eigenvalue weighted by Gasteiger charge is -1.98. The van der Waals surface area contributed by atoms with Gasteiger partial charge >= 0.3 is 0 Å². The van der Waals surface area contributed by atoms with Gasteiger partial charge in [0.1, 0.15) is 0 Å². The molecule has 0 fully saturated rings. The van der Waals surface area contributed by atoms with Crippen molar-refractivity contribution in [1.29, 1.82) is 0 Å². The average Bonchev–Trinajstić information content (AvgIpc) is 1.85. The Bertz CT molecular complexity index is 190. The van der Waals surface area contributed by atoms with E-state index in [4.69, 9.17) is 17.0 Å². The number of halogens is 2. The van der Waals surface area contributed by atoms with Gasteiger partial charge in [-0.1, -0.05) is 5.17 Å². The first-order valence-electron chi connectivity index (χ1n) is 2.38. The van der Waals surface area contributed by atoms with Crippen LogP contribution in [0.1, 0.15) is 0 Å². The van der Waals surface area contributed by atoms with Crippen LogP contribution >= 0.6 is 27.5 Å². The number of rotatable bonds is 2. The van der Waals surface area contributed by atoms with Gasteiger partial charge in [-0.2, -0.15) is 0 Å². The molecule has 56 valence electrons. The van der Waals surface area contributed by atoms with E-state index in [-0.39, 0.29) is 10.4 Å². The number of allylic oxidation sites excluding steroid dienone is 1. The Morgan fingerprint density at radius 1 is 1.80 bits per heavy atom. The quantitative estimate of drug-likeness (QED) is 0.556. The van der Waals surface area contributed by atoms with E-state index in [0.29, 0.717) is 0 Å². The van der Waals surface area contributed by atoms with Crippen LogP contribution in [0.25, 0.3) is 5.41 Å². The second kappa shape index (κ2) is 4.46. The molecule has 0 heterocycles. The highest BCUT2D eigenvalue weighted by atomic mass is 79.9. The summed E-state index contributed by atoms with van der Waals surface area (Å²) < 4.78 is 0.183. The van der Waals surface area contributed by atoms with Crippen LogP contribution in [0.15, 0.2) is 10.6 Å². The molecule has 10 heavy (non-hydrogen) atoms. The lowest BCUT2D eigenvalue weighted by molar-refractivity contribution is -0.116. The molecule has 0 saturated heterocycles. The molecule has 0 spiro atoms. The van der Waals surface area contributed by atoms with Crippen molar-refractivity contribution in [3.63, 3.8) is 0 Å². The van der Waals surface area contributed by atoms with Crippen LogP contribution in [0.2, 0.25) is 0 Å². The molecule has 0 aliphatic carbocycles. The van der Waals surface area contributed by atoms with E-state index >= 15 is 0 Å². The highest BCUT2D eigenvalue weighted by molar-refractivity contribution is 9.12. The molecule has 3 nitrogen and oxygen atoms in total. The molecule has 0 aromatic rings. The Labute approximate surface area is 72.1 Å². The molecular formula is C5H5BrClN2O-. The Balaban J connectivity index is 4.19. The number of likely N-dealkylation sites (N-methyl/N-ethyl adjacent to an activating group) is 1. The molecule has 1 N–H and O–H groups in total. The monoisotopic (exact) mass is 223 g/mol. The van der Waals surface area contributed by atoms with Crippen molar-refractivity contribution in [2.24, 2.45) is 0 Å². The van der Waals surface area contributed by atoms with Gasteiger partial charge in [0.05, 0.1) is 4.48 Å². The molecule has 0 atom stereocenters. The number of hydrogen-bond donors (Lipinski definition) is 1. The van der Waals surface area contributed by atoms with Gasteiger partial charge in [0.25, 0.3) is 5.91 Å². The van der Waals surface area contributed by atoms with Crippen molar-refractivity contribution in [2.75, 3.05) is 7.05 Å². The van der Waals surface area contributed by atoms with Gasteiger partial charge in [-0.05, 0) is 22.0 Å². The minimum Gasteiger partial charge on any atom is -0.794 e. The Kier molecular flexibility index (Phi) is 4.31. The molecule has 0 aromatic carbocycles. The Hall–Kier alpha value is -0.350. The molecule has 0 radical (unpaired) electrons. The minimum atomic E-state index is -0.435. The van der Waals surface area contributed by atoms with Gasteiger partial charge < -0.3 is 10.7 Å². The van der Waals surface area contributed by atoms with E-state index in [1.165, 1.54) is 7.05 Å². The molecule has 0 unspecified atom stereocenters. The van der Waals surface area contributed by atoms with Crippen LogP contribution in [-0.2, 0) is 4.79 Å². The van der Waals surface area contributed by atoms with Crippen LogP contribution in [0.3, 0.4) is 0 Å². The normalized spacial score (nSPS) is 10.9. The fourth-order valence-corrected chi connectivity index (χ4v) is 0.946. The van der Waals surface area contributed by atoms with E-state index in [2.05, 4.69) is 21.2 Å². The van der Waals surface area contributed by atoms with Crippen LogP contribution in [0.4, 0.5) is 0 Å². The predicted molar refractivity (Wildman–Crippen MR) is 45.3 cm³/mol. The standard InChI is InChI=1S/C5H5BrClN2O/c1-9-5(10)3(6)2-4(7)8/h2H,1H3,(H,9,10)/q-1/b3-2+. The summed E-state index contributed by atoms with van der Waals surface area (Å²) in [5.41, 5.74) is 0. The van der Waals surface area contributed by atoms with Gasteiger partial charge in [0.2, 0.25) is 0 Å². The molecule has 0 aliphatic heterocycles. The summed E-state index contributed by atoms with van der Waals surface area (Å²) in [6, 6.07) is 0. The first kappa shape index (κ1) is 9.65. The van der Waals surface area contributed by atoms with Gasteiger partial charge in [-0.3, -0.25) is 4.79 Å². The third-order valence-electron chi connectivity index (χ3n) is 0.690. The summed E-state index contributed by atoms with van der Waals surface area (Å²) in [7, 11) is 1.47. The maximum Gasteiger partial charge on any atom is 0.258 e. The van der Waals surface area contributed by atoms with E-state index in [1.807, 2.05) is 0 Å². The fraction of sp³-hybridized carbons (Fsp3) is 0.200. The van der Waals surface area contributed by atoms with Crippen LogP contribution < -0.4 is 5.32 Å². The number of nitrogens with zero attached hydrogens (tertiary/aromatic N) is 1. The van der Waals surface area contributed by atoms with Crippen molar-refractivity contribution >= 4 is 38.6 Å². The van der Waals surface area contributed by atoms with Crippen LogP contribution in [-0.4, -0.2) is 18.1 Å². The summed E-state index contributed by atoms with van der Waals surface area (Å²) in [6.45, 7) is 0. The molecule has 0 bridgehead atoms. The molecule has 0 rings (SSSR count). The summed E-state index contributed by atoms with van der Waals surface area (Å²) in [5, 5.41) is 10.4. The predicted octanol–water partition coefficient (Wildman–Crippen LogP) is 1.22. The highest BCUT2D eigenvalue weighted by Gasteiger charge is 1.99. The van der Waals surface area contributed by atoms with Crippen molar-refractivity contribution in [2.45, 2.75) is 0 Å². The SMILES string of the molecule is CNC(=O)/C(Br)=C\C(=[N-])Cl. The highest BCUT2D eigenvalue weighted by Crippen LogP contribution is 2.05. The van der Waals surface area contributed by atoms with E-state index < -0.39 is 5.17 Å². The second-order valence-corrected chi connectivity index (χ2v) is 2.64. The van der Waals surface area contributed by atoms with E-state index in [0.717, 1.165) is 6.08 Å². The third-order valence-corrected chi connectivity index (χ3v) is 1.39. The summed E-state index contributed by atoms with van der Waals surface area (Å²) in [6.07, 6.45) is 1.10.